The third kappa shape index (κ3) is 4.53. The SMILES string of the molecule is CCn1ccnc1SC[C@@H](O)CN1CCN(c2ccccc2)CC1. The van der Waals surface area contributed by atoms with Crippen LogP contribution in [0.1, 0.15) is 6.92 Å². The average molecular weight is 347 g/mol. The Morgan fingerprint density at radius 3 is 2.62 bits per heavy atom. The molecule has 1 aromatic heterocycles. The van der Waals surface area contributed by atoms with E-state index in [9.17, 15) is 5.11 Å². The van der Waals surface area contributed by atoms with Crippen LogP contribution >= 0.6 is 11.8 Å². The van der Waals surface area contributed by atoms with Crippen molar-refractivity contribution in [3.63, 3.8) is 0 Å². The average Bonchev–Trinajstić information content (AvgIpc) is 3.09. The minimum atomic E-state index is -0.319. The van der Waals surface area contributed by atoms with E-state index >= 15 is 0 Å². The summed E-state index contributed by atoms with van der Waals surface area (Å²) in [6, 6.07) is 10.6. The lowest BCUT2D eigenvalue weighted by Gasteiger charge is -2.36. The minimum absolute atomic E-state index is 0.319. The second-order valence-corrected chi connectivity index (χ2v) is 7.07. The van der Waals surface area contributed by atoms with Gasteiger partial charge in [0.25, 0.3) is 0 Å². The molecule has 0 unspecified atom stereocenters. The number of piperazine rings is 1. The molecule has 6 heteroatoms. The number of hydrogen-bond donors (Lipinski definition) is 1. The summed E-state index contributed by atoms with van der Waals surface area (Å²) in [5.74, 6) is 0.690. The molecular weight excluding hydrogens is 320 g/mol. The Hall–Kier alpha value is -1.50. The predicted octanol–water partition coefficient (Wildman–Crippen LogP) is 2.18. The summed E-state index contributed by atoms with van der Waals surface area (Å²) in [4.78, 5) is 9.11. The number of aromatic nitrogens is 2. The summed E-state index contributed by atoms with van der Waals surface area (Å²) in [5.41, 5.74) is 1.29. The van der Waals surface area contributed by atoms with E-state index in [-0.39, 0.29) is 6.10 Å². The monoisotopic (exact) mass is 346 g/mol. The molecule has 0 aliphatic carbocycles. The van der Waals surface area contributed by atoms with Crippen molar-refractivity contribution < 1.29 is 5.11 Å². The molecule has 1 aliphatic rings. The molecule has 2 aromatic rings. The van der Waals surface area contributed by atoms with E-state index < -0.39 is 0 Å². The number of aliphatic hydroxyl groups is 1. The lowest BCUT2D eigenvalue weighted by Crippen LogP contribution is -2.48. The van der Waals surface area contributed by atoms with Gasteiger partial charge in [-0.2, -0.15) is 0 Å². The Morgan fingerprint density at radius 1 is 1.17 bits per heavy atom. The fraction of sp³-hybridized carbons (Fsp3) is 0.500. The lowest BCUT2D eigenvalue weighted by molar-refractivity contribution is 0.126. The van der Waals surface area contributed by atoms with Gasteiger partial charge in [-0.15, -0.1) is 0 Å². The summed E-state index contributed by atoms with van der Waals surface area (Å²) < 4.78 is 2.11. The highest BCUT2D eigenvalue weighted by Crippen LogP contribution is 2.18. The molecule has 5 nitrogen and oxygen atoms in total. The van der Waals surface area contributed by atoms with Crippen LogP contribution in [0.25, 0.3) is 0 Å². The molecule has 1 fully saturated rings. The molecule has 0 radical (unpaired) electrons. The van der Waals surface area contributed by atoms with Crippen LogP contribution in [0.5, 0.6) is 0 Å². The number of hydrogen-bond acceptors (Lipinski definition) is 5. The molecule has 1 saturated heterocycles. The van der Waals surface area contributed by atoms with Crippen LogP contribution in [0.4, 0.5) is 5.69 Å². The molecule has 0 amide bonds. The van der Waals surface area contributed by atoms with Gasteiger partial charge in [0.2, 0.25) is 0 Å². The standard InChI is InChI=1S/C18H26N4OS/c1-2-21-9-8-19-18(21)24-15-17(23)14-20-10-12-22(13-11-20)16-6-4-3-5-7-16/h3-9,17,23H,2,10-15H2,1H3/t17-/m0/s1. The maximum Gasteiger partial charge on any atom is 0.168 e. The number of thioether (sulfide) groups is 1. The number of β-amino-alcohol motifs (C(OH)–C–C–N with tert-alkyl or cyclic N) is 1. The van der Waals surface area contributed by atoms with E-state index in [0.29, 0.717) is 5.75 Å². The zero-order chi connectivity index (χ0) is 16.8. The predicted molar refractivity (Wildman–Crippen MR) is 99.7 cm³/mol. The minimum Gasteiger partial charge on any atom is -0.391 e. The van der Waals surface area contributed by atoms with Crippen molar-refractivity contribution in [1.82, 2.24) is 14.5 Å². The molecule has 2 heterocycles. The maximum absolute atomic E-state index is 10.3. The van der Waals surface area contributed by atoms with Crippen LogP contribution < -0.4 is 4.90 Å². The van der Waals surface area contributed by atoms with Crippen molar-refractivity contribution in [3.05, 3.63) is 42.7 Å². The van der Waals surface area contributed by atoms with E-state index in [1.807, 2.05) is 12.4 Å². The Kier molecular flexibility index (Phi) is 6.18. The van der Waals surface area contributed by atoms with E-state index in [4.69, 9.17) is 0 Å². The van der Waals surface area contributed by atoms with Crippen molar-refractivity contribution in [2.45, 2.75) is 24.7 Å². The fourth-order valence-electron chi connectivity index (χ4n) is 3.03. The topological polar surface area (TPSA) is 44.5 Å². The number of imidazole rings is 1. The molecule has 1 aliphatic heterocycles. The molecule has 0 bridgehead atoms. The van der Waals surface area contributed by atoms with Crippen LogP contribution in [0.15, 0.2) is 47.9 Å². The zero-order valence-corrected chi connectivity index (χ0v) is 15.0. The number of benzene rings is 1. The molecule has 1 N–H and O–H groups in total. The summed E-state index contributed by atoms with van der Waals surface area (Å²) in [6.07, 6.45) is 3.48. The van der Waals surface area contributed by atoms with Gasteiger partial charge < -0.3 is 14.6 Å². The smallest absolute Gasteiger partial charge is 0.168 e. The van der Waals surface area contributed by atoms with Gasteiger partial charge in [-0.3, -0.25) is 4.90 Å². The Bertz CT molecular complexity index is 610. The summed E-state index contributed by atoms with van der Waals surface area (Å²) in [6.45, 7) is 7.80. The Morgan fingerprint density at radius 2 is 1.92 bits per heavy atom. The van der Waals surface area contributed by atoms with E-state index in [1.54, 1.807) is 11.8 Å². The maximum atomic E-state index is 10.3. The van der Waals surface area contributed by atoms with Gasteiger partial charge in [-0.1, -0.05) is 30.0 Å². The zero-order valence-electron chi connectivity index (χ0n) is 14.2. The van der Waals surface area contributed by atoms with Crippen LogP contribution in [-0.4, -0.2) is 64.1 Å². The highest BCUT2D eigenvalue weighted by molar-refractivity contribution is 7.99. The molecule has 130 valence electrons. The summed E-state index contributed by atoms with van der Waals surface area (Å²) in [7, 11) is 0. The third-order valence-electron chi connectivity index (χ3n) is 4.39. The molecule has 0 spiro atoms. The Labute approximate surface area is 148 Å². The van der Waals surface area contributed by atoms with Gasteiger partial charge in [0.15, 0.2) is 5.16 Å². The fourth-order valence-corrected chi connectivity index (χ4v) is 3.96. The molecule has 3 rings (SSSR count). The van der Waals surface area contributed by atoms with Gasteiger partial charge in [0.1, 0.15) is 0 Å². The number of rotatable bonds is 7. The van der Waals surface area contributed by atoms with Crippen molar-refractivity contribution >= 4 is 17.4 Å². The first-order valence-corrected chi connectivity index (χ1v) is 9.59. The van der Waals surface area contributed by atoms with Crippen LogP contribution in [0.3, 0.4) is 0 Å². The van der Waals surface area contributed by atoms with Gasteiger partial charge in [0, 0.05) is 63.1 Å². The normalized spacial score (nSPS) is 17.2. The summed E-state index contributed by atoms with van der Waals surface area (Å²) in [5, 5.41) is 11.3. The lowest BCUT2D eigenvalue weighted by atomic mass is 10.2. The number of para-hydroxylation sites is 1. The van der Waals surface area contributed by atoms with E-state index in [1.165, 1.54) is 5.69 Å². The second-order valence-electron chi connectivity index (χ2n) is 6.08. The van der Waals surface area contributed by atoms with Crippen molar-refractivity contribution in [1.29, 1.82) is 0 Å². The molecule has 1 atom stereocenters. The Balaban J connectivity index is 1.41. The van der Waals surface area contributed by atoms with E-state index in [2.05, 4.69) is 56.6 Å². The van der Waals surface area contributed by atoms with Crippen molar-refractivity contribution in [2.75, 3.05) is 43.4 Å². The molecule has 1 aromatic carbocycles. The molecule has 0 saturated carbocycles. The number of anilines is 1. The van der Waals surface area contributed by atoms with Crippen molar-refractivity contribution in [2.24, 2.45) is 0 Å². The van der Waals surface area contributed by atoms with Crippen LogP contribution in [-0.2, 0) is 6.54 Å². The summed E-state index contributed by atoms with van der Waals surface area (Å²) >= 11 is 1.64. The van der Waals surface area contributed by atoms with Crippen LogP contribution in [0.2, 0.25) is 0 Å². The van der Waals surface area contributed by atoms with Gasteiger partial charge in [0.05, 0.1) is 6.10 Å². The van der Waals surface area contributed by atoms with Crippen molar-refractivity contribution in [3.8, 4) is 0 Å². The first-order chi connectivity index (χ1) is 11.8. The number of aryl methyl sites for hydroxylation is 1. The third-order valence-corrected chi connectivity index (χ3v) is 5.53. The van der Waals surface area contributed by atoms with Gasteiger partial charge >= 0.3 is 0 Å². The highest BCUT2D eigenvalue weighted by atomic mass is 32.2. The number of aliphatic hydroxyl groups excluding tert-OH is 1. The first kappa shape index (κ1) is 17.3. The second kappa shape index (κ2) is 8.55. The van der Waals surface area contributed by atoms with E-state index in [0.717, 1.165) is 44.4 Å². The molecule has 24 heavy (non-hydrogen) atoms. The highest BCUT2D eigenvalue weighted by Gasteiger charge is 2.19. The molecular formula is C18H26N4OS. The first-order valence-electron chi connectivity index (χ1n) is 8.60. The number of nitrogens with zero attached hydrogens (tertiary/aromatic N) is 4. The quantitative estimate of drug-likeness (QED) is 0.779. The van der Waals surface area contributed by atoms with Gasteiger partial charge in [-0.05, 0) is 19.1 Å². The van der Waals surface area contributed by atoms with Crippen LogP contribution in [0, 0.1) is 0 Å². The largest absolute Gasteiger partial charge is 0.391 e. The van der Waals surface area contributed by atoms with Gasteiger partial charge in [-0.25, -0.2) is 4.98 Å².